The van der Waals surface area contributed by atoms with Gasteiger partial charge < -0.3 is 10.2 Å². The van der Waals surface area contributed by atoms with Gasteiger partial charge in [-0.05, 0) is 48.2 Å². The van der Waals surface area contributed by atoms with Crippen LogP contribution in [0.15, 0.2) is 70.0 Å². The minimum atomic E-state index is -0.827. The lowest BCUT2D eigenvalue weighted by Crippen LogP contribution is -2.29. The highest BCUT2D eigenvalue weighted by atomic mass is 79.9. The van der Waals surface area contributed by atoms with Gasteiger partial charge in [0, 0.05) is 14.9 Å². The van der Waals surface area contributed by atoms with Gasteiger partial charge in [-0.25, -0.2) is 0 Å². The average molecular weight is 470 g/mol. The molecule has 5 nitrogen and oxygen atoms in total. The highest BCUT2D eigenvalue weighted by Gasteiger charge is 2.48. The summed E-state index contributed by atoms with van der Waals surface area (Å²) in [6, 6.07) is 14.4. The molecule has 0 spiro atoms. The number of Topliss-reactive ketones (excluding diaryl/α,β-unsaturated/α-hetero) is 1. The number of phenols is 1. The number of aryl methyl sites for hydroxylation is 1. The van der Waals surface area contributed by atoms with Gasteiger partial charge in [-0.15, -0.1) is 11.3 Å². The number of aliphatic hydroxyl groups is 1. The van der Waals surface area contributed by atoms with Gasteiger partial charge in [0.25, 0.3) is 11.7 Å². The number of anilines is 1. The molecule has 0 radical (unpaired) electrons. The minimum Gasteiger partial charge on any atom is -0.507 e. The Bertz CT molecular complexity index is 1150. The molecule has 2 heterocycles. The van der Waals surface area contributed by atoms with Gasteiger partial charge in [-0.3, -0.25) is 14.5 Å². The van der Waals surface area contributed by atoms with Crippen LogP contribution in [0.4, 0.5) is 5.69 Å². The second-order valence-electron chi connectivity index (χ2n) is 6.64. The first-order valence-corrected chi connectivity index (χ1v) is 10.5. The second kappa shape index (κ2) is 7.50. The van der Waals surface area contributed by atoms with Crippen molar-refractivity contribution in [3.8, 4) is 5.75 Å². The highest BCUT2D eigenvalue weighted by molar-refractivity contribution is 9.10. The van der Waals surface area contributed by atoms with E-state index in [1.54, 1.807) is 42.5 Å². The smallest absolute Gasteiger partial charge is 0.300 e. The molecular weight excluding hydrogens is 454 g/mol. The van der Waals surface area contributed by atoms with Crippen molar-refractivity contribution < 1.29 is 19.8 Å². The van der Waals surface area contributed by atoms with Crippen LogP contribution in [0.25, 0.3) is 5.76 Å². The zero-order valence-corrected chi connectivity index (χ0v) is 17.7. The molecule has 0 saturated carbocycles. The van der Waals surface area contributed by atoms with Crippen molar-refractivity contribution in [3.05, 3.63) is 86.0 Å². The van der Waals surface area contributed by atoms with Crippen LogP contribution in [-0.4, -0.2) is 21.9 Å². The topological polar surface area (TPSA) is 77.8 Å². The van der Waals surface area contributed by atoms with Gasteiger partial charge in [0.2, 0.25) is 0 Å². The fourth-order valence-corrected chi connectivity index (χ4v) is 4.48. The number of aliphatic hydroxyl groups excluding tert-OH is 1. The number of nitrogens with zero attached hydrogens (tertiary/aromatic N) is 1. The lowest BCUT2D eigenvalue weighted by atomic mass is 9.99. The van der Waals surface area contributed by atoms with Crippen LogP contribution in [0.1, 0.15) is 22.0 Å². The normalized spacial score (nSPS) is 18.4. The lowest BCUT2D eigenvalue weighted by Gasteiger charge is -2.24. The summed E-state index contributed by atoms with van der Waals surface area (Å²) < 4.78 is 0.874. The number of carbonyl (C=O) groups excluding carboxylic acids is 2. The molecule has 1 fully saturated rings. The number of carbonyl (C=O) groups is 2. The van der Waals surface area contributed by atoms with E-state index in [0.29, 0.717) is 10.4 Å². The van der Waals surface area contributed by atoms with Gasteiger partial charge in [0.15, 0.2) is 0 Å². The summed E-state index contributed by atoms with van der Waals surface area (Å²) >= 11 is 4.79. The van der Waals surface area contributed by atoms with E-state index in [4.69, 9.17) is 0 Å². The maximum atomic E-state index is 13.0. The van der Waals surface area contributed by atoms with Crippen molar-refractivity contribution in [2.75, 3.05) is 4.90 Å². The van der Waals surface area contributed by atoms with Gasteiger partial charge in [-0.2, -0.15) is 0 Å². The molecule has 1 aliphatic heterocycles. The number of ketones is 1. The van der Waals surface area contributed by atoms with Crippen LogP contribution in [0, 0.1) is 6.92 Å². The maximum absolute atomic E-state index is 13.0. The number of rotatable bonds is 3. The predicted molar refractivity (Wildman–Crippen MR) is 116 cm³/mol. The van der Waals surface area contributed by atoms with Crippen LogP contribution in [0.5, 0.6) is 5.75 Å². The number of amides is 1. The monoisotopic (exact) mass is 469 g/mol. The summed E-state index contributed by atoms with van der Waals surface area (Å²) in [6.45, 7) is 1.87. The van der Waals surface area contributed by atoms with Crippen molar-refractivity contribution in [2.24, 2.45) is 0 Å². The molecule has 0 bridgehead atoms. The summed E-state index contributed by atoms with van der Waals surface area (Å²) in [5, 5.41) is 23.2. The van der Waals surface area contributed by atoms with Crippen LogP contribution in [0.3, 0.4) is 0 Å². The maximum Gasteiger partial charge on any atom is 0.300 e. The molecule has 146 valence electrons. The molecule has 7 heteroatoms. The van der Waals surface area contributed by atoms with Gasteiger partial charge in [0.1, 0.15) is 17.6 Å². The van der Waals surface area contributed by atoms with Crippen molar-refractivity contribution in [2.45, 2.75) is 13.0 Å². The van der Waals surface area contributed by atoms with E-state index < -0.39 is 17.7 Å². The second-order valence-corrected chi connectivity index (χ2v) is 8.47. The van der Waals surface area contributed by atoms with Gasteiger partial charge in [0.05, 0.1) is 11.3 Å². The van der Waals surface area contributed by atoms with Crippen molar-refractivity contribution in [1.82, 2.24) is 0 Å². The molecule has 0 aliphatic carbocycles. The first-order chi connectivity index (χ1) is 13.9. The summed E-state index contributed by atoms with van der Waals surface area (Å²) in [6.07, 6.45) is 0. The van der Waals surface area contributed by atoms with Crippen LogP contribution in [0.2, 0.25) is 0 Å². The van der Waals surface area contributed by atoms with Crippen molar-refractivity contribution >= 4 is 50.4 Å². The molecular formula is C22H16BrNO4S. The van der Waals surface area contributed by atoms with E-state index >= 15 is 0 Å². The third-order valence-electron chi connectivity index (χ3n) is 4.83. The number of hydrogen-bond acceptors (Lipinski definition) is 5. The van der Waals surface area contributed by atoms with E-state index in [-0.39, 0.29) is 22.8 Å². The number of benzene rings is 2. The molecule has 1 amide bonds. The van der Waals surface area contributed by atoms with E-state index in [0.717, 1.165) is 10.0 Å². The number of phenolic OH excluding ortho intramolecular Hbond substituents is 1. The third kappa shape index (κ3) is 3.26. The van der Waals surface area contributed by atoms with E-state index in [1.165, 1.54) is 22.3 Å². The molecule has 2 aromatic carbocycles. The summed E-state index contributed by atoms with van der Waals surface area (Å²) in [4.78, 5) is 27.9. The number of halogens is 1. The van der Waals surface area contributed by atoms with E-state index in [9.17, 15) is 19.8 Å². The molecule has 1 aromatic heterocycles. The largest absolute Gasteiger partial charge is 0.507 e. The summed E-state index contributed by atoms with van der Waals surface area (Å²) in [5.74, 6) is -1.93. The van der Waals surface area contributed by atoms with Gasteiger partial charge >= 0.3 is 0 Å². The lowest BCUT2D eigenvalue weighted by molar-refractivity contribution is -0.132. The highest BCUT2D eigenvalue weighted by Crippen LogP contribution is 2.45. The Morgan fingerprint density at radius 3 is 2.52 bits per heavy atom. The molecule has 1 aliphatic rings. The first-order valence-electron chi connectivity index (χ1n) is 8.79. The van der Waals surface area contributed by atoms with Crippen LogP contribution >= 0.6 is 27.3 Å². The van der Waals surface area contributed by atoms with Crippen molar-refractivity contribution in [3.63, 3.8) is 0 Å². The van der Waals surface area contributed by atoms with E-state index in [1.807, 2.05) is 18.4 Å². The van der Waals surface area contributed by atoms with E-state index in [2.05, 4.69) is 15.9 Å². The quantitative estimate of drug-likeness (QED) is 0.315. The molecule has 29 heavy (non-hydrogen) atoms. The summed E-state index contributed by atoms with van der Waals surface area (Å²) in [5.41, 5.74) is 1.56. The Hall–Kier alpha value is -2.90. The Morgan fingerprint density at radius 2 is 1.86 bits per heavy atom. The number of aromatic hydroxyl groups is 1. The summed E-state index contributed by atoms with van der Waals surface area (Å²) in [7, 11) is 0. The fourth-order valence-electron chi connectivity index (χ4n) is 3.41. The van der Waals surface area contributed by atoms with Gasteiger partial charge in [-0.1, -0.05) is 40.2 Å². The first kappa shape index (κ1) is 19.4. The molecule has 2 N–H and O–H groups in total. The average Bonchev–Trinajstić information content (AvgIpc) is 3.32. The third-order valence-corrected chi connectivity index (χ3v) is 6.64. The SMILES string of the molecule is Cc1cc(/C(O)=C2/C(=O)C(=O)N(c3ccccc3O)C2c2cccs2)ccc1Br. The van der Waals surface area contributed by atoms with Crippen LogP contribution in [-0.2, 0) is 9.59 Å². The molecule has 1 atom stereocenters. The standard InChI is InChI=1S/C22H16BrNO4S/c1-12-11-13(8-9-14(12)23)20(26)18-19(17-7-4-10-29-17)24(22(28)21(18)27)15-5-2-3-6-16(15)25/h2-11,19,25-26H,1H3/b20-18-. The predicted octanol–water partition coefficient (Wildman–Crippen LogP) is 5.15. The Balaban J connectivity index is 1.95. The molecule has 1 unspecified atom stereocenters. The van der Waals surface area contributed by atoms with Crippen molar-refractivity contribution in [1.29, 1.82) is 0 Å². The number of para-hydroxylation sites is 2. The zero-order chi connectivity index (χ0) is 20.7. The fraction of sp³-hybridized carbons (Fsp3) is 0.0909. The Kier molecular flexibility index (Phi) is 5.02. The minimum absolute atomic E-state index is 0.00225. The van der Waals surface area contributed by atoms with Crippen LogP contribution < -0.4 is 4.90 Å². The molecule has 4 rings (SSSR count). The number of hydrogen-bond donors (Lipinski definition) is 2. The molecule has 3 aromatic rings. The Morgan fingerprint density at radius 1 is 1.10 bits per heavy atom. The number of thiophene rings is 1. The zero-order valence-electron chi connectivity index (χ0n) is 15.3. The Labute approximate surface area is 179 Å². The molecule has 1 saturated heterocycles.